The van der Waals surface area contributed by atoms with Crippen molar-refractivity contribution in [1.29, 1.82) is 0 Å². The zero-order valence-corrected chi connectivity index (χ0v) is 14.2. The summed E-state index contributed by atoms with van der Waals surface area (Å²) in [5.41, 5.74) is 1.18. The van der Waals surface area contributed by atoms with Gasteiger partial charge in [-0.15, -0.1) is 0 Å². The van der Waals surface area contributed by atoms with Crippen molar-refractivity contribution in [3.63, 3.8) is 0 Å². The minimum Gasteiger partial charge on any atom is -0.426 e. The van der Waals surface area contributed by atoms with Gasteiger partial charge in [0.1, 0.15) is 5.75 Å². The van der Waals surface area contributed by atoms with Crippen molar-refractivity contribution in [3.8, 4) is 5.75 Å². The van der Waals surface area contributed by atoms with Crippen LogP contribution in [0.25, 0.3) is 0 Å². The van der Waals surface area contributed by atoms with Gasteiger partial charge in [0.15, 0.2) is 0 Å². The maximum Gasteiger partial charge on any atom is 0.313 e. The van der Waals surface area contributed by atoms with Crippen LogP contribution in [0.15, 0.2) is 60.7 Å². The van der Waals surface area contributed by atoms with Crippen LogP contribution in [-0.2, 0) is 4.79 Å². The van der Waals surface area contributed by atoms with Crippen LogP contribution in [0.4, 0.5) is 0 Å². The highest BCUT2D eigenvalue weighted by Gasteiger charge is 2.36. The molecule has 0 radical (unpaired) electrons. The normalized spacial score (nSPS) is 15.3. The first-order chi connectivity index (χ1) is 9.51. The summed E-state index contributed by atoms with van der Waals surface area (Å²) >= 11 is 0. The third-order valence-corrected chi connectivity index (χ3v) is 5.14. The van der Waals surface area contributed by atoms with Gasteiger partial charge < -0.3 is 4.74 Å². The van der Waals surface area contributed by atoms with Gasteiger partial charge in [0.25, 0.3) is 0 Å². The smallest absolute Gasteiger partial charge is 0.313 e. The molecule has 2 rings (SSSR count). The van der Waals surface area contributed by atoms with E-state index >= 15 is 0 Å². The molecule has 0 aliphatic rings. The van der Waals surface area contributed by atoms with E-state index in [2.05, 4.69) is 19.1 Å². The van der Waals surface area contributed by atoms with Crippen LogP contribution in [0.3, 0.4) is 0 Å². The van der Waals surface area contributed by atoms with Crippen molar-refractivity contribution in [2.75, 3.05) is 0 Å². The lowest BCUT2D eigenvalue weighted by Gasteiger charge is -2.29. The third kappa shape index (κ3) is 3.17. The summed E-state index contributed by atoms with van der Waals surface area (Å²) in [6.07, 6.45) is 0. The van der Waals surface area contributed by atoms with Crippen molar-refractivity contribution in [2.24, 2.45) is 0 Å². The number of ether oxygens (including phenoxy) is 1. The van der Waals surface area contributed by atoms with Gasteiger partial charge in [-0.3, -0.25) is 4.79 Å². The maximum absolute atomic E-state index is 12.5. The molecule has 0 bridgehead atoms. The van der Waals surface area contributed by atoms with Crippen molar-refractivity contribution < 1.29 is 9.53 Å². The first-order valence-electron chi connectivity index (χ1n) is 6.84. The Bertz CT molecular complexity index is 564. The Morgan fingerprint density at radius 1 is 1.05 bits per heavy atom. The largest absolute Gasteiger partial charge is 0.426 e. The van der Waals surface area contributed by atoms with Crippen LogP contribution in [0.2, 0.25) is 5.04 Å². The fraction of sp³-hybridized carbons (Fsp3) is 0.235. The second-order valence-electron chi connectivity index (χ2n) is 5.56. The molecule has 2 nitrogen and oxygen atoms in total. The van der Waals surface area contributed by atoms with Crippen LogP contribution in [0.1, 0.15) is 25.3 Å². The lowest BCUT2D eigenvalue weighted by molar-refractivity contribution is -0.138. The predicted octanol–water partition coefficient (Wildman–Crippen LogP) is 2.94. The van der Waals surface area contributed by atoms with Crippen molar-refractivity contribution >= 4 is 16.2 Å². The van der Waals surface area contributed by atoms with E-state index in [1.807, 2.05) is 55.5 Å². The van der Waals surface area contributed by atoms with Crippen molar-refractivity contribution in [2.45, 2.75) is 24.8 Å². The third-order valence-electron chi connectivity index (χ3n) is 3.86. The van der Waals surface area contributed by atoms with E-state index in [0.717, 1.165) is 10.2 Å². The fourth-order valence-electron chi connectivity index (χ4n) is 2.06. The van der Waals surface area contributed by atoms with E-state index < -0.39 is 5.04 Å². The molecule has 2 atom stereocenters. The average Bonchev–Trinajstić information content (AvgIpc) is 2.48. The standard InChI is InChI=1S/C17H20O2Si/c1-13(14-9-5-3-6-10-14)17(2,20)16(18)19-15-11-7-4-8-12-15/h3-13H,1-2,20H3. The second-order valence-corrected chi connectivity index (χ2v) is 7.63. The molecule has 0 spiro atoms. The summed E-state index contributed by atoms with van der Waals surface area (Å²) in [7, 11) is 0.737. The maximum atomic E-state index is 12.5. The molecule has 20 heavy (non-hydrogen) atoms. The number of rotatable bonds is 4. The molecule has 0 aliphatic heterocycles. The molecule has 2 aromatic carbocycles. The number of hydrogen-bond donors (Lipinski definition) is 0. The van der Waals surface area contributed by atoms with Gasteiger partial charge in [-0.05, 0) is 23.6 Å². The molecule has 0 fully saturated rings. The van der Waals surface area contributed by atoms with Crippen molar-refractivity contribution in [1.82, 2.24) is 0 Å². The highest BCUT2D eigenvalue weighted by Crippen LogP contribution is 2.40. The lowest BCUT2D eigenvalue weighted by atomic mass is 9.88. The summed E-state index contributed by atoms with van der Waals surface area (Å²) in [5.74, 6) is 0.609. The minimum atomic E-state index is -0.447. The molecule has 0 aliphatic carbocycles. The van der Waals surface area contributed by atoms with Crippen LogP contribution in [0.5, 0.6) is 5.75 Å². The number of carbonyl (C=O) groups is 1. The number of hydrogen-bond acceptors (Lipinski definition) is 2. The molecular formula is C17H20O2Si. The molecule has 0 heterocycles. The van der Waals surface area contributed by atoms with Gasteiger partial charge in [-0.2, -0.15) is 0 Å². The Labute approximate surface area is 123 Å². The molecule has 104 valence electrons. The molecule has 0 saturated carbocycles. The number of para-hydroxylation sites is 1. The summed E-state index contributed by atoms with van der Waals surface area (Å²) in [6, 6.07) is 19.4. The van der Waals surface area contributed by atoms with Gasteiger partial charge in [0.05, 0.1) is 5.04 Å². The van der Waals surface area contributed by atoms with Gasteiger partial charge >= 0.3 is 5.97 Å². The lowest BCUT2D eigenvalue weighted by Crippen LogP contribution is -2.30. The SMILES string of the molecule is CC(c1ccccc1)C(C)([SiH3])C(=O)Oc1ccccc1. The number of benzene rings is 2. The zero-order valence-electron chi connectivity index (χ0n) is 12.2. The number of esters is 1. The summed E-state index contributed by atoms with van der Waals surface area (Å²) in [5, 5.41) is -0.447. The fourth-order valence-corrected chi connectivity index (χ4v) is 2.50. The summed E-state index contributed by atoms with van der Waals surface area (Å²) in [4.78, 5) is 12.5. The Hall–Kier alpha value is -1.87. The van der Waals surface area contributed by atoms with Gasteiger partial charge in [0.2, 0.25) is 0 Å². The first kappa shape index (κ1) is 14.5. The molecule has 0 N–H and O–H groups in total. The zero-order chi connectivity index (χ0) is 14.6. The monoisotopic (exact) mass is 284 g/mol. The molecule has 0 amide bonds. The highest BCUT2D eigenvalue weighted by molar-refractivity contribution is 6.27. The number of carbonyl (C=O) groups excluding carboxylic acids is 1. The first-order valence-corrected chi connectivity index (χ1v) is 7.84. The quantitative estimate of drug-likeness (QED) is 0.490. The Morgan fingerprint density at radius 2 is 1.55 bits per heavy atom. The van der Waals surface area contributed by atoms with Gasteiger partial charge in [-0.1, -0.05) is 62.4 Å². The average molecular weight is 284 g/mol. The molecule has 2 unspecified atom stereocenters. The molecule has 3 heteroatoms. The van der Waals surface area contributed by atoms with Crippen molar-refractivity contribution in [3.05, 3.63) is 66.2 Å². The van der Waals surface area contributed by atoms with Crippen LogP contribution in [0, 0.1) is 0 Å². The van der Waals surface area contributed by atoms with E-state index in [1.54, 1.807) is 0 Å². The van der Waals surface area contributed by atoms with Crippen LogP contribution < -0.4 is 4.74 Å². The van der Waals surface area contributed by atoms with E-state index in [0.29, 0.717) is 5.75 Å². The van der Waals surface area contributed by atoms with Crippen LogP contribution in [-0.4, -0.2) is 16.2 Å². The molecule has 2 aromatic rings. The minimum absolute atomic E-state index is 0.145. The van der Waals surface area contributed by atoms with E-state index in [4.69, 9.17) is 4.74 Å². The molecule has 0 aromatic heterocycles. The Morgan fingerprint density at radius 3 is 2.10 bits per heavy atom. The summed E-state index contributed by atoms with van der Waals surface area (Å²) < 4.78 is 5.52. The Kier molecular flexibility index (Phi) is 4.40. The van der Waals surface area contributed by atoms with E-state index in [9.17, 15) is 4.79 Å². The topological polar surface area (TPSA) is 26.3 Å². The molecular weight excluding hydrogens is 264 g/mol. The Balaban J connectivity index is 2.15. The van der Waals surface area contributed by atoms with Gasteiger partial charge in [0, 0.05) is 10.2 Å². The highest BCUT2D eigenvalue weighted by atomic mass is 28.1. The van der Waals surface area contributed by atoms with Gasteiger partial charge in [-0.25, -0.2) is 0 Å². The predicted molar refractivity (Wildman–Crippen MR) is 85.2 cm³/mol. The second kappa shape index (κ2) is 6.05. The summed E-state index contributed by atoms with van der Waals surface area (Å²) in [6.45, 7) is 4.08. The van der Waals surface area contributed by atoms with Crippen LogP contribution >= 0.6 is 0 Å². The molecule has 0 saturated heterocycles. The van der Waals surface area contributed by atoms with E-state index in [1.165, 1.54) is 5.56 Å². The van der Waals surface area contributed by atoms with E-state index in [-0.39, 0.29) is 11.9 Å².